The normalized spacial score (nSPS) is 11.6. The third-order valence-corrected chi connectivity index (χ3v) is 13.7. The largest absolute Gasteiger partial charge is 0.510 e. The van der Waals surface area contributed by atoms with E-state index in [4.69, 9.17) is 9.72 Å². The molecule has 0 aliphatic carbocycles. The van der Waals surface area contributed by atoms with Crippen molar-refractivity contribution in [1.82, 2.24) is 23.3 Å². The fourth-order valence-electron chi connectivity index (χ4n) is 10.8. The molecule has 8 heteroatoms. The van der Waals surface area contributed by atoms with E-state index in [0.717, 1.165) is 94.4 Å². The molecule has 7 nitrogen and oxygen atoms in total. The first kappa shape index (κ1) is 42.3. The first-order valence-electron chi connectivity index (χ1n) is 23.4. The van der Waals surface area contributed by atoms with E-state index in [2.05, 4.69) is 208 Å². The molecule has 14 rings (SSSR count). The second-order valence-electron chi connectivity index (χ2n) is 17.6. The number of para-hydroxylation sites is 4. The number of rotatable bonds is 8. The summed E-state index contributed by atoms with van der Waals surface area (Å²) in [4.78, 5) is 5.01. The predicted molar refractivity (Wildman–Crippen MR) is 282 cm³/mol. The fraction of sp³-hybridized carbons (Fsp3) is 0.0159. The van der Waals surface area contributed by atoms with Crippen LogP contribution in [0.15, 0.2) is 225 Å². The second-order valence-corrected chi connectivity index (χ2v) is 17.6. The van der Waals surface area contributed by atoms with Crippen LogP contribution in [0.25, 0.3) is 111 Å². The summed E-state index contributed by atoms with van der Waals surface area (Å²) in [7, 11) is 2.19. The maximum absolute atomic E-state index is 6.78. The predicted octanol–water partition coefficient (Wildman–Crippen LogP) is 14.5. The third-order valence-electron chi connectivity index (χ3n) is 13.7. The van der Waals surface area contributed by atoms with Crippen molar-refractivity contribution in [1.29, 1.82) is 0 Å². The maximum atomic E-state index is 6.78. The summed E-state index contributed by atoms with van der Waals surface area (Å²) in [6.45, 7) is 0. The SMILES string of the molecule is Cn1c2ccccc2c2c1c1c(c3ccccc3n1-c1ccccc1)c1c3ccc(Oc4[c-]c(-[n+]5[c-]n(-c6c(-c7ccccc7)cccc6-c6ccccc6)cc5)ccc4)[c-]c3n(-c3ccccn3)c12.[Pt]. The van der Waals surface area contributed by atoms with E-state index in [1.165, 1.54) is 16.2 Å². The monoisotopic (exact) mass is 1090 g/mol. The zero-order chi connectivity index (χ0) is 46.3. The minimum absolute atomic E-state index is 0. The van der Waals surface area contributed by atoms with Crippen LogP contribution in [0.3, 0.4) is 0 Å². The van der Waals surface area contributed by atoms with E-state index in [0.29, 0.717) is 11.5 Å². The van der Waals surface area contributed by atoms with Crippen molar-refractivity contribution in [3.05, 3.63) is 243 Å². The summed E-state index contributed by atoms with van der Waals surface area (Å²) in [6.07, 6.45) is 9.54. The Morgan fingerprint density at radius 1 is 0.493 bits per heavy atom. The average molecular weight is 1090 g/mol. The molecule has 0 bridgehead atoms. The fourth-order valence-corrected chi connectivity index (χ4v) is 10.8. The molecule has 340 valence electrons. The number of hydrogen-bond donors (Lipinski definition) is 0. The smallest absolute Gasteiger partial charge is 0.267 e. The van der Waals surface area contributed by atoms with Gasteiger partial charge in [0.15, 0.2) is 0 Å². The molecule has 5 aromatic heterocycles. The molecule has 0 saturated heterocycles. The Bertz CT molecular complexity index is 4270. The van der Waals surface area contributed by atoms with Gasteiger partial charge in [-0.1, -0.05) is 145 Å². The van der Waals surface area contributed by atoms with Crippen molar-refractivity contribution >= 4 is 65.4 Å². The van der Waals surface area contributed by atoms with Crippen molar-refractivity contribution in [2.24, 2.45) is 7.05 Å². The summed E-state index contributed by atoms with van der Waals surface area (Å²) in [5, 5.41) is 6.87. The van der Waals surface area contributed by atoms with Crippen LogP contribution in [0.1, 0.15) is 0 Å². The second kappa shape index (κ2) is 17.0. The molecule has 0 amide bonds. The first-order valence-corrected chi connectivity index (χ1v) is 23.4. The van der Waals surface area contributed by atoms with E-state index < -0.39 is 0 Å². The van der Waals surface area contributed by atoms with Gasteiger partial charge in [-0.05, 0) is 69.7 Å². The molecule has 5 heterocycles. The van der Waals surface area contributed by atoms with Gasteiger partial charge >= 0.3 is 0 Å². The Kier molecular flexibility index (Phi) is 10.2. The minimum atomic E-state index is 0. The van der Waals surface area contributed by atoms with Crippen LogP contribution >= 0.6 is 0 Å². The van der Waals surface area contributed by atoms with Gasteiger partial charge in [-0.2, -0.15) is 18.2 Å². The average Bonchev–Trinajstić information content (AvgIpc) is 4.20. The first-order chi connectivity index (χ1) is 34.7. The maximum Gasteiger partial charge on any atom is 0.267 e. The number of benzene rings is 9. The van der Waals surface area contributed by atoms with Gasteiger partial charge < -0.3 is 23.0 Å². The van der Waals surface area contributed by atoms with E-state index >= 15 is 0 Å². The van der Waals surface area contributed by atoms with Gasteiger partial charge in [-0.3, -0.25) is 4.57 Å². The molecule has 0 aliphatic rings. The van der Waals surface area contributed by atoms with Crippen LogP contribution in [0.2, 0.25) is 0 Å². The van der Waals surface area contributed by atoms with E-state index in [-0.39, 0.29) is 21.1 Å². The molecular formula is C63H40N6OPt-2. The van der Waals surface area contributed by atoms with Crippen LogP contribution in [0.4, 0.5) is 0 Å². The molecule has 71 heavy (non-hydrogen) atoms. The number of aryl methyl sites for hydroxylation is 1. The number of aromatic nitrogens is 6. The summed E-state index contributed by atoms with van der Waals surface area (Å²) in [6, 6.07) is 79.3. The van der Waals surface area contributed by atoms with Gasteiger partial charge in [0.25, 0.3) is 6.33 Å². The summed E-state index contributed by atoms with van der Waals surface area (Å²) < 4.78 is 17.9. The minimum Gasteiger partial charge on any atom is -0.510 e. The van der Waals surface area contributed by atoms with Crippen LogP contribution in [-0.2, 0) is 28.1 Å². The van der Waals surface area contributed by atoms with Crippen LogP contribution in [0.5, 0.6) is 11.5 Å². The van der Waals surface area contributed by atoms with Crippen molar-refractivity contribution in [2.75, 3.05) is 0 Å². The quantitative estimate of drug-likeness (QED) is 0.112. The zero-order valence-electron chi connectivity index (χ0n) is 38.3. The van der Waals surface area contributed by atoms with Crippen LogP contribution < -0.4 is 9.30 Å². The van der Waals surface area contributed by atoms with Gasteiger partial charge in [0.2, 0.25) is 0 Å². The number of imidazole rings is 1. The van der Waals surface area contributed by atoms with Gasteiger partial charge in [0, 0.05) is 91.0 Å². The number of hydrogen-bond acceptors (Lipinski definition) is 2. The molecule has 0 unspecified atom stereocenters. The molecular weight excluding hydrogens is 1050 g/mol. The molecule has 0 fully saturated rings. The van der Waals surface area contributed by atoms with Crippen LogP contribution in [0, 0.1) is 18.5 Å². The Balaban J connectivity index is 0.00000492. The molecule has 0 N–H and O–H groups in total. The Hall–Kier alpha value is -8.77. The van der Waals surface area contributed by atoms with Crippen molar-refractivity contribution in [2.45, 2.75) is 0 Å². The van der Waals surface area contributed by atoms with Crippen molar-refractivity contribution < 1.29 is 30.4 Å². The zero-order valence-corrected chi connectivity index (χ0v) is 40.5. The topological polar surface area (TPSA) is 45.7 Å². The number of pyridine rings is 1. The van der Waals surface area contributed by atoms with Crippen molar-refractivity contribution in [3.63, 3.8) is 0 Å². The molecule has 0 aliphatic heterocycles. The van der Waals surface area contributed by atoms with Crippen molar-refractivity contribution in [3.8, 4) is 56.6 Å². The molecule has 0 atom stereocenters. The van der Waals surface area contributed by atoms with Crippen LogP contribution in [-0.4, -0.2) is 23.3 Å². The number of fused-ring (bicyclic) bond motifs is 12. The number of ether oxygens (including phenoxy) is 1. The Morgan fingerprint density at radius 2 is 1.11 bits per heavy atom. The third kappa shape index (κ3) is 6.69. The van der Waals surface area contributed by atoms with Gasteiger partial charge in [-0.15, -0.1) is 29.7 Å². The van der Waals surface area contributed by atoms with Gasteiger partial charge in [0.1, 0.15) is 5.82 Å². The molecule has 0 spiro atoms. The summed E-state index contributed by atoms with van der Waals surface area (Å²) >= 11 is 0. The van der Waals surface area contributed by atoms with Gasteiger partial charge in [-0.25, -0.2) is 4.98 Å². The molecule has 0 radical (unpaired) electrons. The Labute approximate surface area is 423 Å². The standard InChI is InChI=1S/C63H40N6O.Pt/c1-65-53-31-13-11-27-50(53)59-61-57(58-51-28-12-14-32-54(51)68(63(58)62(59)65)44-23-9-4-10-24-44)52-35-34-47(40-55(52)69(61)56-33-15-16-36-64-56)70-46-26-17-25-45(39-46)66-37-38-67(41-66)60-48(42-19-5-2-6-20-42)29-18-30-49(60)43-21-7-3-8-22-43;/h2-38H,1H3;/q-2;. The van der Waals surface area contributed by atoms with E-state index in [1.54, 1.807) is 0 Å². The molecule has 0 saturated carbocycles. The van der Waals surface area contributed by atoms with E-state index in [1.807, 2.05) is 65.5 Å². The molecule has 14 aromatic rings. The Morgan fingerprint density at radius 3 is 1.83 bits per heavy atom. The summed E-state index contributed by atoms with van der Waals surface area (Å²) in [5.74, 6) is 1.92. The molecule has 9 aromatic carbocycles. The van der Waals surface area contributed by atoms with E-state index in [9.17, 15) is 0 Å². The summed E-state index contributed by atoms with van der Waals surface area (Å²) in [5.41, 5.74) is 14.0. The number of nitrogens with zero attached hydrogens (tertiary/aromatic N) is 6. The van der Waals surface area contributed by atoms with Gasteiger partial charge in [0.05, 0.1) is 27.8 Å².